The van der Waals surface area contributed by atoms with E-state index in [1.165, 1.54) is 24.0 Å². The van der Waals surface area contributed by atoms with Crippen LogP contribution in [0.5, 0.6) is 5.75 Å². The second kappa shape index (κ2) is 8.77. The minimum Gasteiger partial charge on any atom is -0.508 e. The summed E-state index contributed by atoms with van der Waals surface area (Å²) in [5, 5.41) is 21.9. The van der Waals surface area contributed by atoms with E-state index in [-0.39, 0.29) is 11.3 Å². The molecule has 1 amide bonds. The molecule has 0 aromatic heterocycles. The Morgan fingerprint density at radius 2 is 1.97 bits per heavy atom. The highest BCUT2D eigenvalue weighted by atomic mass is 16.3. The Morgan fingerprint density at radius 3 is 2.71 bits per heavy atom. The van der Waals surface area contributed by atoms with Gasteiger partial charge in [0.25, 0.3) is 0 Å². The van der Waals surface area contributed by atoms with E-state index in [1.54, 1.807) is 6.92 Å². The second-order valence-corrected chi connectivity index (χ2v) is 10.8. The molecule has 0 aliphatic heterocycles. The summed E-state index contributed by atoms with van der Waals surface area (Å²) in [6, 6.07) is 5.93. The van der Waals surface area contributed by atoms with Crippen molar-refractivity contribution in [1.82, 2.24) is 4.90 Å². The standard InChI is InChI=1S/C27H41NO3/c1-4-5-6-7-16-28(19(2)29)18-27(31)15-13-25-24-10-8-20-17-21(30)9-11-22(20)23(24)12-14-26(25,27)3/h9,11,17,23-25,30-31H,4-8,10,12-16,18H2,1-3H3/t23-,24-,25+,26+,27-/m1/s1. The summed E-state index contributed by atoms with van der Waals surface area (Å²) in [5.41, 5.74) is 1.83. The van der Waals surface area contributed by atoms with Crippen LogP contribution in [0.2, 0.25) is 0 Å². The number of carbonyl (C=O) groups excluding carboxylic acids is 1. The first-order valence-corrected chi connectivity index (χ1v) is 12.6. The van der Waals surface area contributed by atoms with Gasteiger partial charge >= 0.3 is 0 Å². The number of amides is 1. The zero-order valence-corrected chi connectivity index (χ0v) is 19.7. The van der Waals surface area contributed by atoms with Crippen molar-refractivity contribution in [2.45, 2.75) is 96.5 Å². The Balaban J connectivity index is 1.51. The molecular weight excluding hydrogens is 386 g/mol. The Hall–Kier alpha value is -1.55. The summed E-state index contributed by atoms with van der Waals surface area (Å²) < 4.78 is 0. The average molecular weight is 428 g/mol. The van der Waals surface area contributed by atoms with E-state index in [4.69, 9.17) is 0 Å². The number of rotatable bonds is 7. The van der Waals surface area contributed by atoms with Gasteiger partial charge in [0.2, 0.25) is 5.91 Å². The third-order valence-corrected chi connectivity index (χ3v) is 9.21. The Morgan fingerprint density at radius 1 is 1.16 bits per heavy atom. The maximum Gasteiger partial charge on any atom is 0.219 e. The van der Waals surface area contributed by atoms with Gasteiger partial charge in [-0.15, -0.1) is 0 Å². The van der Waals surface area contributed by atoms with Crippen molar-refractivity contribution in [3.63, 3.8) is 0 Å². The minimum absolute atomic E-state index is 0.0945. The Bertz CT molecular complexity index is 808. The molecule has 0 radical (unpaired) electrons. The summed E-state index contributed by atoms with van der Waals surface area (Å²) in [5.74, 6) is 2.11. The number of phenols is 1. The van der Waals surface area contributed by atoms with Gasteiger partial charge in [-0.3, -0.25) is 4.79 Å². The number of benzene rings is 1. The fourth-order valence-electron chi connectivity index (χ4n) is 7.33. The number of carbonyl (C=O) groups is 1. The number of fused-ring (bicyclic) bond motifs is 5. The molecule has 3 aliphatic rings. The molecule has 4 nitrogen and oxygen atoms in total. The number of aromatic hydroxyl groups is 1. The van der Waals surface area contributed by atoms with E-state index in [2.05, 4.69) is 19.9 Å². The zero-order chi connectivity index (χ0) is 22.2. The highest BCUT2D eigenvalue weighted by molar-refractivity contribution is 5.73. The predicted octanol–water partition coefficient (Wildman–Crippen LogP) is 5.41. The molecule has 5 atom stereocenters. The van der Waals surface area contributed by atoms with E-state index in [0.717, 1.165) is 57.9 Å². The Labute approximate surface area is 188 Å². The highest BCUT2D eigenvalue weighted by Crippen LogP contribution is 2.64. The fourth-order valence-corrected chi connectivity index (χ4v) is 7.33. The van der Waals surface area contributed by atoms with Crippen LogP contribution in [0.1, 0.15) is 95.6 Å². The van der Waals surface area contributed by atoms with Gasteiger partial charge in [0.1, 0.15) is 5.75 Å². The molecule has 4 heteroatoms. The van der Waals surface area contributed by atoms with Crippen LogP contribution in [0.15, 0.2) is 18.2 Å². The number of aliphatic hydroxyl groups is 1. The van der Waals surface area contributed by atoms with E-state index in [1.807, 2.05) is 17.0 Å². The minimum atomic E-state index is -0.783. The van der Waals surface area contributed by atoms with Gasteiger partial charge in [-0.1, -0.05) is 39.2 Å². The molecule has 2 saturated carbocycles. The third kappa shape index (κ3) is 4.01. The second-order valence-electron chi connectivity index (χ2n) is 10.8. The van der Waals surface area contributed by atoms with Gasteiger partial charge < -0.3 is 15.1 Å². The van der Waals surface area contributed by atoms with Gasteiger partial charge in [-0.2, -0.15) is 0 Å². The van der Waals surface area contributed by atoms with Crippen LogP contribution < -0.4 is 0 Å². The fraction of sp³-hybridized carbons (Fsp3) is 0.741. The molecule has 1 aromatic carbocycles. The number of phenolic OH excluding ortho intramolecular Hbond substituents is 1. The molecule has 2 fully saturated rings. The van der Waals surface area contributed by atoms with E-state index in [0.29, 0.717) is 30.0 Å². The van der Waals surface area contributed by atoms with Crippen LogP contribution in [-0.4, -0.2) is 39.7 Å². The molecule has 0 unspecified atom stereocenters. The van der Waals surface area contributed by atoms with Crippen molar-refractivity contribution in [3.8, 4) is 5.75 Å². The molecule has 2 N–H and O–H groups in total. The summed E-state index contributed by atoms with van der Waals surface area (Å²) in [6.45, 7) is 7.42. The number of hydrogen-bond acceptors (Lipinski definition) is 3. The molecule has 1 aromatic rings. The molecule has 0 spiro atoms. The molecule has 31 heavy (non-hydrogen) atoms. The van der Waals surface area contributed by atoms with Crippen molar-refractivity contribution in [3.05, 3.63) is 29.3 Å². The molecule has 3 aliphatic carbocycles. The maximum atomic E-state index is 12.4. The quantitative estimate of drug-likeness (QED) is 0.572. The first kappa shape index (κ1) is 22.6. The predicted molar refractivity (Wildman–Crippen MR) is 124 cm³/mol. The Kier molecular flexibility index (Phi) is 6.40. The lowest BCUT2D eigenvalue weighted by atomic mass is 9.53. The van der Waals surface area contributed by atoms with Gasteiger partial charge in [0, 0.05) is 25.4 Å². The molecule has 0 heterocycles. The topological polar surface area (TPSA) is 60.8 Å². The summed E-state index contributed by atoms with van der Waals surface area (Å²) in [7, 11) is 0. The van der Waals surface area contributed by atoms with Crippen molar-refractivity contribution in [2.24, 2.45) is 17.3 Å². The van der Waals surface area contributed by atoms with E-state index >= 15 is 0 Å². The summed E-state index contributed by atoms with van der Waals surface area (Å²) in [4.78, 5) is 14.3. The number of hydrogen-bond donors (Lipinski definition) is 2. The molecular formula is C27H41NO3. The highest BCUT2D eigenvalue weighted by Gasteiger charge is 2.61. The number of unbranched alkanes of at least 4 members (excludes halogenated alkanes) is 3. The molecule has 4 rings (SSSR count). The maximum absolute atomic E-state index is 12.4. The lowest BCUT2D eigenvalue weighted by Crippen LogP contribution is -2.56. The molecule has 172 valence electrons. The van der Waals surface area contributed by atoms with Crippen LogP contribution in [0.4, 0.5) is 0 Å². The van der Waals surface area contributed by atoms with Crippen LogP contribution in [0, 0.1) is 17.3 Å². The van der Waals surface area contributed by atoms with Gasteiger partial charge in [-0.05, 0) is 86.0 Å². The van der Waals surface area contributed by atoms with Crippen LogP contribution in [0.3, 0.4) is 0 Å². The lowest BCUT2D eigenvalue weighted by molar-refractivity contribution is -0.143. The monoisotopic (exact) mass is 427 g/mol. The largest absolute Gasteiger partial charge is 0.508 e. The zero-order valence-electron chi connectivity index (χ0n) is 19.7. The normalized spacial score (nSPS) is 34.0. The van der Waals surface area contributed by atoms with E-state index in [9.17, 15) is 15.0 Å². The number of nitrogens with zero attached hydrogens (tertiary/aromatic N) is 1. The molecule has 0 saturated heterocycles. The van der Waals surface area contributed by atoms with Crippen molar-refractivity contribution in [1.29, 1.82) is 0 Å². The van der Waals surface area contributed by atoms with Gasteiger partial charge in [-0.25, -0.2) is 0 Å². The lowest BCUT2D eigenvalue weighted by Gasteiger charge is -2.54. The SMILES string of the molecule is CCCCCCN(C[C@]1(O)CC[C@H]2[C@@H]3CCc4cc(O)ccc4[C@H]3CC[C@@]21C)C(C)=O. The average Bonchev–Trinajstić information content (AvgIpc) is 3.00. The van der Waals surface area contributed by atoms with Gasteiger partial charge in [0.05, 0.1) is 5.60 Å². The third-order valence-electron chi connectivity index (χ3n) is 9.21. The van der Waals surface area contributed by atoms with Crippen LogP contribution in [0.25, 0.3) is 0 Å². The molecule has 0 bridgehead atoms. The van der Waals surface area contributed by atoms with Crippen molar-refractivity contribution in [2.75, 3.05) is 13.1 Å². The van der Waals surface area contributed by atoms with Crippen LogP contribution >= 0.6 is 0 Å². The van der Waals surface area contributed by atoms with Crippen molar-refractivity contribution >= 4 is 5.91 Å². The van der Waals surface area contributed by atoms with E-state index < -0.39 is 5.60 Å². The van der Waals surface area contributed by atoms with Crippen LogP contribution in [-0.2, 0) is 11.2 Å². The first-order valence-electron chi connectivity index (χ1n) is 12.6. The van der Waals surface area contributed by atoms with Crippen molar-refractivity contribution < 1.29 is 15.0 Å². The first-order chi connectivity index (χ1) is 14.8. The number of aryl methyl sites for hydroxylation is 1. The smallest absolute Gasteiger partial charge is 0.219 e. The summed E-state index contributed by atoms with van der Waals surface area (Å²) in [6.07, 6.45) is 10.7. The summed E-state index contributed by atoms with van der Waals surface area (Å²) >= 11 is 0. The van der Waals surface area contributed by atoms with Gasteiger partial charge in [0.15, 0.2) is 0 Å².